The van der Waals surface area contributed by atoms with Gasteiger partial charge in [-0.2, -0.15) is 0 Å². The van der Waals surface area contributed by atoms with Crippen molar-refractivity contribution in [2.75, 3.05) is 32.5 Å². The van der Waals surface area contributed by atoms with Gasteiger partial charge >= 0.3 is 0 Å². The fourth-order valence-corrected chi connectivity index (χ4v) is 2.73. The highest BCUT2D eigenvalue weighted by atomic mass is 16.5. The van der Waals surface area contributed by atoms with Crippen LogP contribution in [0.15, 0.2) is 42.5 Å². The highest BCUT2D eigenvalue weighted by Gasteiger charge is 2.26. The van der Waals surface area contributed by atoms with Crippen molar-refractivity contribution in [2.24, 2.45) is 0 Å². The molecule has 0 bridgehead atoms. The van der Waals surface area contributed by atoms with Crippen LogP contribution in [0.25, 0.3) is 0 Å². The number of carbonyl (C=O) groups excluding carboxylic acids is 1. The fraction of sp³-hybridized carbons (Fsp3) is 0.333. The average molecular weight is 327 g/mol. The molecule has 1 aromatic carbocycles. The molecular weight excluding hydrogens is 306 g/mol. The van der Waals surface area contributed by atoms with Gasteiger partial charge in [-0.1, -0.05) is 18.2 Å². The molecule has 126 valence electrons. The van der Waals surface area contributed by atoms with Gasteiger partial charge in [0.1, 0.15) is 17.7 Å². The van der Waals surface area contributed by atoms with Crippen molar-refractivity contribution in [1.29, 1.82) is 0 Å². The zero-order chi connectivity index (χ0) is 16.9. The van der Waals surface area contributed by atoms with Crippen LogP contribution >= 0.6 is 0 Å². The molecule has 1 amide bonds. The summed E-state index contributed by atoms with van der Waals surface area (Å²) in [5.41, 5.74) is 7.45. The number of carbonyl (C=O) groups is 1. The quantitative estimate of drug-likeness (QED) is 0.927. The van der Waals surface area contributed by atoms with E-state index in [1.165, 1.54) is 0 Å². The molecule has 1 aromatic heterocycles. The molecule has 0 unspecified atom stereocenters. The number of aromatic nitrogens is 1. The lowest BCUT2D eigenvalue weighted by Gasteiger charge is -2.32. The molecule has 2 N–H and O–H groups in total. The van der Waals surface area contributed by atoms with Crippen LogP contribution in [0.4, 0.5) is 5.82 Å². The third-order valence-electron chi connectivity index (χ3n) is 4.06. The summed E-state index contributed by atoms with van der Waals surface area (Å²) in [6, 6.07) is 13.0. The minimum Gasteiger partial charge on any atom is -0.497 e. The van der Waals surface area contributed by atoms with Crippen molar-refractivity contribution >= 4 is 11.7 Å². The number of nitrogens with two attached hydrogens (primary N) is 1. The average Bonchev–Trinajstić information content (AvgIpc) is 2.62. The number of amides is 1. The Bertz CT molecular complexity index is 703. The normalized spacial score (nSPS) is 17.5. The molecule has 2 heterocycles. The van der Waals surface area contributed by atoms with Crippen molar-refractivity contribution in [3.8, 4) is 5.75 Å². The SMILES string of the molecule is COc1ccc(CC(=O)N2CCO[C@@H](c3cccc(N)n3)C2)cc1. The number of nitrogen functional groups attached to an aromatic ring is 1. The molecule has 6 heteroatoms. The molecule has 1 aliphatic heterocycles. The molecule has 1 atom stereocenters. The number of anilines is 1. The molecule has 1 saturated heterocycles. The van der Waals surface area contributed by atoms with Crippen LogP contribution in [0.5, 0.6) is 5.75 Å². The molecule has 2 aromatic rings. The van der Waals surface area contributed by atoms with E-state index >= 15 is 0 Å². The van der Waals surface area contributed by atoms with Gasteiger partial charge in [-0.3, -0.25) is 4.79 Å². The highest BCUT2D eigenvalue weighted by Crippen LogP contribution is 2.22. The molecule has 3 rings (SSSR count). The highest BCUT2D eigenvalue weighted by molar-refractivity contribution is 5.79. The van der Waals surface area contributed by atoms with Gasteiger partial charge in [-0.25, -0.2) is 4.98 Å². The summed E-state index contributed by atoms with van der Waals surface area (Å²) in [7, 11) is 1.62. The van der Waals surface area contributed by atoms with Gasteiger partial charge in [0, 0.05) is 6.54 Å². The van der Waals surface area contributed by atoms with Crippen LogP contribution in [-0.4, -0.2) is 42.6 Å². The number of benzene rings is 1. The van der Waals surface area contributed by atoms with Crippen molar-refractivity contribution in [3.63, 3.8) is 0 Å². The monoisotopic (exact) mass is 327 g/mol. The second kappa shape index (κ2) is 7.31. The zero-order valence-corrected chi connectivity index (χ0v) is 13.6. The second-order valence-electron chi connectivity index (χ2n) is 5.71. The number of hydrogen-bond donors (Lipinski definition) is 1. The molecule has 0 saturated carbocycles. The summed E-state index contributed by atoms with van der Waals surface area (Å²) in [6.45, 7) is 1.58. The van der Waals surface area contributed by atoms with Crippen molar-refractivity contribution in [3.05, 3.63) is 53.7 Å². The lowest BCUT2D eigenvalue weighted by Crippen LogP contribution is -2.43. The van der Waals surface area contributed by atoms with Crippen LogP contribution in [0.3, 0.4) is 0 Å². The molecule has 1 fully saturated rings. The van der Waals surface area contributed by atoms with Crippen molar-refractivity contribution in [1.82, 2.24) is 9.88 Å². The van der Waals surface area contributed by atoms with E-state index < -0.39 is 0 Å². The second-order valence-corrected chi connectivity index (χ2v) is 5.71. The summed E-state index contributed by atoms with van der Waals surface area (Å²) in [6.07, 6.45) is 0.128. The van der Waals surface area contributed by atoms with Crippen LogP contribution < -0.4 is 10.5 Å². The Balaban J connectivity index is 1.64. The van der Waals surface area contributed by atoms with E-state index in [1.807, 2.05) is 41.3 Å². The number of morpholine rings is 1. The molecule has 1 aliphatic rings. The van der Waals surface area contributed by atoms with Crippen molar-refractivity contribution < 1.29 is 14.3 Å². The maximum Gasteiger partial charge on any atom is 0.227 e. The first-order chi connectivity index (χ1) is 11.7. The van der Waals surface area contributed by atoms with Gasteiger partial charge in [-0.05, 0) is 29.8 Å². The number of nitrogens with zero attached hydrogens (tertiary/aromatic N) is 2. The van der Waals surface area contributed by atoms with E-state index in [9.17, 15) is 4.79 Å². The first kappa shape index (κ1) is 16.3. The first-order valence-corrected chi connectivity index (χ1v) is 7.90. The Kier molecular flexibility index (Phi) is 4.96. The Labute approximate surface area is 141 Å². The van der Waals surface area contributed by atoms with Gasteiger partial charge in [0.2, 0.25) is 5.91 Å². The van der Waals surface area contributed by atoms with E-state index in [0.717, 1.165) is 17.0 Å². The maximum absolute atomic E-state index is 12.6. The maximum atomic E-state index is 12.6. The Morgan fingerprint density at radius 3 is 2.83 bits per heavy atom. The number of pyridine rings is 1. The lowest BCUT2D eigenvalue weighted by atomic mass is 10.1. The topological polar surface area (TPSA) is 77.7 Å². The van der Waals surface area contributed by atoms with Gasteiger partial charge in [-0.15, -0.1) is 0 Å². The van der Waals surface area contributed by atoms with Crippen LogP contribution in [-0.2, 0) is 16.0 Å². The number of hydrogen-bond acceptors (Lipinski definition) is 5. The number of ether oxygens (including phenoxy) is 2. The summed E-state index contributed by atoms with van der Waals surface area (Å²) in [5.74, 6) is 1.32. The first-order valence-electron chi connectivity index (χ1n) is 7.90. The lowest BCUT2D eigenvalue weighted by molar-refractivity contribution is -0.138. The van der Waals surface area contributed by atoms with E-state index in [-0.39, 0.29) is 12.0 Å². The molecule has 0 spiro atoms. The van der Waals surface area contributed by atoms with E-state index in [4.69, 9.17) is 15.2 Å². The van der Waals surface area contributed by atoms with Gasteiger partial charge in [0.25, 0.3) is 0 Å². The van der Waals surface area contributed by atoms with Crippen LogP contribution in [0, 0.1) is 0 Å². The predicted molar refractivity (Wildman–Crippen MR) is 90.6 cm³/mol. The van der Waals surface area contributed by atoms with Crippen LogP contribution in [0.2, 0.25) is 0 Å². The Hall–Kier alpha value is -2.60. The summed E-state index contributed by atoms with van der Waals surface area (Å²) in [5, 5.41) is 0. The molecular formula is C18H21N3O3. The van der Waals surface area contributed by atoms with Crippen LogP contribution in [0.1, 0.15) is 17.4 Å². The zero-order valence-electron chi connectivity index (χ0n) is 13.6. The fourth-order valence-electron chi connectivity index (χ4n) is 2.73. The van der Waals surface area contributed by atoms with E-state index in [0.29, 0.717) is 31.9 Å². The Morgan fingerprint density at radius 2 is 2.12 bits per heavy atom. The summed E-state index contributed by atoms with van der Waals surface area (Å²) in [4.78, 5) is 18.7. The van der Waals surface area contributed by atoms with Gasteiger partial charge < -0.3 is 20.1 Å². The minimum atomic E-state index is -0.234. The predicted octanol–water partition coefficient (Wildman–Crippen LogP) is 1.81. The standard InChI is InChI=1S/C18H21N3O3/c1-23-14-7-5-13(6-8-14)11-18(22)21-9-10-24-16(12-21)15-3-2-4-17(19)20-15/h2-8,16H,9-12H2,1H3,(H2,19,20)/t16-/m1/s1. The Morgan fingerprint density at radius 1 is 1.33 bits per heavy atom. The van der Waals surface area contributed by atoms with E-state index in [1.54, 1.807) is 13.2 Å². The van der Waals surface area contributed by atoms with Crippen molar-refractivity contribution in [2.45, 2.75) is 12.5 Å². The summed E-state index contributed by atoms with van der Waals surface area (Å²) >= 11 is 0. The van der Waals surface area contributed by atoms with E-state index in [2.05, 4.69) is 4.98 Å². The smallest absolute Gasteiger partial charge is 0.227 e. The molecule has 0 radical (unpaired) electrons. The van der Waals surface area contributed by atoms with Gasteiger partial charge in [0.15, 0.2) is 0 Å². The molecule has 6 nitrogen and oxygen atoms in total. The minimum absolute atomic E-state index is 0.0809. The third kappa shape index (κ3) is 3.83. The molecule has 24 heavy (non-hydrogen) atoms. The third-order valence-corrected chi connectivity index (χ3v) is 4.06. The van der Waals surface area contributed by atoms with Gasteiger partial charge in [0.05, 0.1) is 32.4 Å². The number of rotatable bonds is 4. The summed E-state index contributed by atoms with van der Waals surface area (Å²) < 4.78 is 10.9. The number of methoxy groups -OCH3 is 1. The largest absolute Gasteiger partial charge is 0.497 e. The molecule has 0 aliphatic carbocycles.